The molecular formula is C34H62CaN2O10+2. The van der Waals surface area contributed by atoms with Crippen LogP contribution in [0.25, 0.3) is 0 Å². The first kappa shape index (κ1) is 49.8. The fraction of sp³-hybridized carbons (Fsp3) is 0.765. The predicted molar refractivity (Wildman–Crippen MR) is 178 cm³/mol. The molecule has 0 aliphatic carbocycles. The van der Waals surface area contributed by atoms with E-state index in [2.05, 4.69) is 12.2 Å². The van der Waals surface area contributed by atoms with Crippen LogP contribution in [0.3, 0.4) is 0 Å². The van der Waals surface area contributed by atoms with Crippen molar-refractivity contribution in [1.29, 1.82) is 0 Å². The third-order valence-corrected chi connectivity index (χ3v) is 9.03. The van der Waals surface area contributed by atoms with Crippen molar-refractivity contribution in [2.24, 2.45) is 0 Å². The molecule has 0 aromatic heterocycles. The van der Waals surface area contributed by atoms with Gasteiger partial charge in [0.1, 0.15) is 12.1 Å². The van der Waals surface area contributed by atoms with E-state index in [-0.39, 0.29) is 72.4 Å². The van der Waals surface area contributed by atoms with E-state index in [1.165, 1.54) is 0 Å². The molecule has 0 amide bonds. The number of aliphatic hydroxyl groups excluding tert-OH is 2. The Balaban J connectivity index is -0.000000807. The van der Waals surface area contributed by atoms with Crippen LogP contribution in [0.1, 0.15) is 119 Å². The number of allylic oxidation sites excluding steroid dienone is 4. The molecule has 0 fully saturated rings. The number of carboxylic acids is 4. The van der Waals surface area contributed by atoms with Gasteiger partial charge in [0.2, 0.25) is 0 Å². The van der Waals surface area contributed by atoms with Crippen LogP contribution in [0.5, 0.6) is 0 Å². The first-order valence-electron chi connectivity index (χ1n) is 16.9. The zero-order valence-electron chi connectivity index (χ0n) is 29.8. The van der Waals surface area contributed by atoms with Gasteiger partial charge < -0.3 is 40.2 Å². The molecule has 47 heavy (non-hydrogen) atoms. The number of hydrogen-bond donors (Lipinski definition) is 4. The number of rotatable bonds is 26. The fourth-order valence-electron chi connectivity index (χ4n) is 6.61. The van der Waals surface area contributed by atoms with Gasteiger partial charge in [0, 0.05) is 25.7 Å². The van der Waals surface area contributed by atoms with Crippen molar-refractivity contribution in [3.05, 3.63) is 24.3 Å². The molecule has 268 valence electrons. The molecule has 0 rings (SSSR count). The van der Waals surface area contributed by atoms with Gasteiger partial charge in [-0.15, -0.1) is 0 Å². The number of aliphatic carboxylic acids is 4. The number of nitrogens with zero attached hydrogens (tertiary/aromatic N) is 2. The van der Waals surface area contributed by atoms with Crippen LogP contribution in [0, 0.1) is 0 Å². The minimum atomic E-state index is -1.30. The van der Waals surface area contributed by atoms with Gasteiger partial charge in [-0.1, -0.05) is 52.0 Å². The normalized spacial score (nSPS) is 16.5. The third-order valence-electron chi connectivity index (χ3n) is 9.03. The summed E-state index contributed by atoms with van der Waals surface area (Å²) in [5.41, 5.74) is 0. The fourth-order valence-corrected chi connectivity index (χ4v) is 6.61. The van der Waals surface area contributed by atoms with Crippen molar-refractivity contribution in [1.82, 2.24) is 0 Å². The first-order valence-corrected chi connectivity index (χ1v) is 16.9. The summed E-state index contributed by atoms with van der Waals surface area (Å²) in [6.07, 6.45) is 16.0. The molecule has 12 nitrogen and oxygen atoms in total. The van der Waals surface area contributed by atoms with Gasteiger partial charge in [-0.2, -0.15) is 0 Å². The number of hydrogen-bond acceptors (Lipinski definition) is 8. The molecule has 0 aliphatic rings. The van der Waals surface area contributed by atoms with Crippen LogP contribution < -0.4 is 10.2 Å². The Kier molecular flexibility index (Phi) is 30.0. The second-order valence-corrected chi connectivity index (χ2v) is 11.8. The summed E-state index contributed by atoms with van der Waals surface area (Å²) in [6, 6.07) is -3.93. The maximum absolute atomic E-state index is 11.6. The molecule has 6 unspecified atom stereocenters. The Morgan fingerprint density at radius 1 is 0.574 bits per heavy atom. The van der Waals surface area contributed by atoms with Gasteiger partial charge in [-0.3, -0.25) is 8.97 Å². The Labute approximate surface area is 312 Å². The molecule has 6 atom stereocenters. The zero-order chi connectivity index (χ0) is 35.8. The van der Waals surface area contributed by atoms with E-state index in [4.69, 9.17) is 0 Å². The van der Waals surface area contributed by atoms with E-state index in [0.717, 1.165) is 38.5 Å². The quantitative estimate of drug-likeness (QED) is 0.0342. The van der Waals surface area contributed by atoms with Crippen molar-refractivity contribution in [3.63, 3.8) is 0 Å². The summed E-state index contributed by atoms with van der Waals surface area (Å²) in [4.78, 5) is 46.2. The van der Waals surface area contributed by atoms with Gasteiger partial charge >= 0.3 is 49.7 Å². The van der Waals surface area contributed by atoms with Crippen molar-refractivity contribution >= 4 is 61.6 Å². The van der Waals surface area contributed by atoms with Crippen LogP contribution in [0.2, 0.25) is 0 Å². The summed E-state index contributed by atoms with van der Waals surface area (Å²) in [7, 11) is 0. The van der Waals surface area contributed by atoms with Crippen LogP contribution >= 0.6 is 0 Å². The van der Waals surface area contributed by atoms with Crippen molar-refractivity contribution in [2.75, 3.05) is 26.6 Å². The number of carbonyl (C=O) groups excluding carboxylic acids is 2. The number of aliphatic hydroxyl groups is 2. The van der Waals surface area contributed by atoms with E-state index < -0.39 is 61.5 Å². The van der Waals surface area contributed by atoms with E-state index in [1.54, 1.807) is 27.7 Å². The van der Waals surface area contributed by atoms with Gasteiger partial charge in [-0.25, -0.2) is 9.59 Å². The molecule has 0 bridgehead atoms. The van der Waals surface area contributed by atoms with E-state index >= 15 is 0 Å². The van der Waals surface area contributed by atoms with E-state index in [1.807, 2.05) is 26.0 Å². The van der Waals surface area contributed by atoms with Crippen molar-refractivity contribution < 1.29 is 58.8 Å². The van der Waals surface area contributed by atoms with Gasteiger partial charge in [-0.05, 0) is 65.2 Å². The monoisotopic (exact) mass is 698 g/mol. The Morgan fingerprint density at radius 2 is 0.872 bits per heavy atom. The number of unbranched alkanes of at least 4 members (excludes halogenated alkanes) is 6. The van der Waals surface area contributed by atoms with Crippen LogP contribution in [0.15, 0.2) is 24.3 Å². The first-order chi connectivity index (χ1) is 21.8. The van der Waals surface area contributed by atoms with E-state index in [9.17, 15) is 49.8 Å². The summed E-state index contributed by atoms with van der Waals surface area (Å²) in [5.74, 6) is -4.74. The Hall–Kier alpha value is -1.54. The average molecular weight is 699 g/mol. The van der Waals surface area contributed by atoms with Crippen LogP contribution in [-0.2, 0) is 19.2 Å². The molecular weight excluding hydrogens is 636 g/mol. The van der Waals surface area contributed by atoms with Crippen LogP contribution in [0.4, 0.5) is 0 Å². The molecule has 4 N–H and O–H groups in total. The largest absolute Gasteiger partial charge is 2.00 e. The third kappa shape index (κ3) is 16.1. The molecule has 0 saturated carbocycles. The van der Waals surface area contributed by atoms with Crippen LogP contribution in [-0.4, -0.2) is 142 Å². The minimum Gasteiger partial charge on any atom is -0.544 e. The van der Waals surface area contributed by atoms with Gasteiger partial charge in [0.15, 0.2) is 25.5 Å². The number of quaternary nitrogens is 2. The second kappa shape index (κ2) is 28.3. The van der Waals surface area contributed by atoms with Gasteiger partial charge in [0.25, 0.3) is 0 Å². The molecule has 13 heteroatoms. The maximum atomic E-state index is 11.6. The summed E-state index contributed by atoms with van der Waals surface area (Å²) in [6.45, 7) is 10.3. The topological polar surface area (TPSA) is 195 Å². The summed E-state index contributed by atoms with van der Waals surface area (Å²) >= 11 is 0. The SMILES string of the molecule is C/C=C/CCCCC[N+](CO)(C(CC)C(=O)[O-])C(CC)C(=O)O.C/C=C/CCCCC[N+](CO)(C(CC)C(=O)[O-])C(CC)C(=O)O.[Ca+2]. The summed E-state index contributed by atoms with van der Waals surface area (Å²) < 4.78 is -0.706. The molecule has 0 aliphatic heterocycles. The van der Waals surface area contributed by atoms with Crippen molar-refractivity contribution in [2.45, 2.75) is 143 Å². The molecule has 0 radical (unpaired) electrons. The van der Waals surface area contributed by atoms with Gasteiger partial charge in [0.05, 0.1) is 25.0 Å². The van der Waals surface area contributed by atoms with Crippen molar-refractivity contribution in [3.8, 4) is 0 Å². The Bertz CT molecular complexity index is 826. The van der Waals surface area contributed by atoms with E-state index in [0.29, 0.717) is 25.9 Å². The summed E-state index contributed by atoms with van der Waals surface area (Å²) in [5, 5.41) is 61.9. The average Bonchev–Trinajstić information content (AvgIpc) is 3.00. The smallest absolute Gasteiger partial charge is 0.544 e. The number of carbonyl (C=O) groups is 4. The molecule has 0 aromatic rings. The second-order valence-electron chi connectivity index (χ2n) is 11.8. The molecule has 0 aromatic carbocycles. The molecule has 0 spiro atoms. The zero-order valence-corrected chi connectivity index (χ0v) is 32.0. The standard InChI is InChI=1S/2C17H31NO5.Ca/c2*1-4-7-8-9-10-11-12-18(13-19,14(5-2)16(20)21)15(6-3)17(22)23;/h2*4,7,14-15,19H,5-6,8-13H2,1-3H3,(H-,20,21,22,23);/q;;+2/b2*7-4+;. The minimum absolute atomic E-state index is 0. The number of carboxylic acid groups (broad SMARTS) is 4. The maximum Gasteiger partial charge on any atom is 2.00 e. The molecule has 0 heterocycles. The Morgan fingerprint density at radius 3 is 1.06 bits per heavy atom. The molecule has 0 saturated heterocycles. The predicted octanol–water partition coefficient (Wildman–Crippen LogP) is 2.18.